The van der Waals surface area contributed by atoms with Crippen molar-refractivity contribution in [3.8, 4) is 11.5 Å². The van der Waals surface area contributed by atoms with Crippen LogP contribution in [0.3, 0.4) is 0 Å². The van der Waals surface area contributed by atoms with E-state index in [1.807, 2.05) is 6.92 Å². The Balaban J connectivity index is 2.12. The maximum atomic E-state index is 12.5. The molecule has 3 rings (SSSR count). The van der Waals surface area contributed by atoms with Crippen LogP contribution in [-0.2, 0) is 0 Å². The third-order valence-electron chi connectivity index (χ3n) is 3.12. The second-order valence-electron chi connectivity index (χ2n) is 4.29. The lowest BCUT2D eigenvalue weighted by Crippen LogP contribution is -2.37. The summed E-state index contributed by atoms with van der Waals surface area (Å²) in [6, 6.07) is 4.34. The Hall–Kier alpha value is -2.30. The zero-order chi connectivity index (χ0) is 12.7. The second kappa shape index (κ2) is 3.87. The molecule has 92 valence electrons. The molecule has 5 heteroatoms. The van der Waals surface area contributed by atoms with Gasteiger partial charge in [-0.05, 0) is 19.1 Å². The van der Waals surface area contributed by atoms with Gasteiger partial charge >= 0.3 is 0 Å². The normalized spacial score (nSPS) is 22.4. The molecule has 0 fully saturated rings. The molecule has 1 aliphatic rings. The minimum atomic E-state index is -0.492. The molecular weight excluding hydrogens is 232 g/mol. The largest absolute Gasteiger partial charge is 0.507 e. The molecule has 0 amide bonds. The third kappa shape index (κ3) is 1.48. The number of fused-ring (bicyclic) bond motifs is 1. The van der Waals surface area contributed by atoms with Crippen molar-refractivity contribution in [2.24, 2.45) is 0 Å². The van der Waals surface area contributed by atoms with Gasteiger partial charge in [-0.1, -0.05) is 6.07 Å². The van der Waals surface area contributed by atoms with Gasteiger partial charge in [0.05, 0.1) is 6.33 Å². The van der Waals surface area contributed by atoms with Gasteiger partial charge in [-0.3, -0.25) is 4.79 Å². The molecule has 0 spiro atoms. The number of hydrogen-bond donors (Lipinski definition) is 1. The van der Waals surface area contributed by atoms with Gasteiger partial charge in [0, 0.05) is 12.4 Å². The van der Waals surface area contributed by atoms with Crippen LogP contribution < -0.4 is 4.74 Å². The van der Waals surface area contributed by atoms with Gasteiger partial charge in [0.1, 0.15) is 29.2 Å². The first-order valence-electron chi connectivity index (χ1n) is 5.69. The zero-order valence-electron chi connectivity index (χ0n) is 9.78. The second-order valence-corrected chi connectivity index (χ2v) is 4.29. The van der Waals surface area contributed by atoms with E-state index in [9.17, 15) is 9.90 Å². The molecule has 1 aromatic carbocycles. The van der Waals surface area contributed by atoms with E-state index in [1.165, 1.54) is 6.07 Å². The fourth-order valence-corrected chi connectivity index (χ4v) is 2.30. The summed E-state index contributed by atoms with van der Waals surface area (Å²) in [5.41, 5.74) is 0.245. The molecule has 0 saturated heterocycles. The number of ether oxygens (including phenoxy) is 1. The van der Waals surface area contributed by atoms with E-state index in [0.717, 1.165) is 0 Å². The van der Waals surface area contributed by atoms with Crippen LogP contribution in [0.4, 0.5) is 0 Å². The molecule has 2 atom stereocenters. The zero-order valence-corrected chi connectivity index (χ0v) is 9.78. The number of benzene rings is 1. The topological polar surface area (TPSA) is 64.3 Å². The molecule has 0 radical (unpaired) electrons. The number of hydrogen-bond acceptors (Lipinski definition) is 4. The van der Waals surface area contributed by atoms with E-state index in [1.54, 1.807) is 35.4 Å². The highest BCUT2D eigenvalue weighted by atomic mass is 16.5. The molecule has 1 aliphatic heterocycles. The number of aromatic nitrogens is 2. The summed E-state index contributed by atoms with van der Waals surface area (Å²) in [7, 11) is 0. The predicted molar refractivity (Wildman–Crippen MR) is 63.8 cm³/mol. The Bertz CT molecular complexity index is 592. The molecule has 0 unspecified atom stereocenters. The highest BCUT2D eigenvalue weighted by Gasteiger charge is 2.37. The van der Waals surface area contributed by atoms with Crippen molar-refractivity contribution in [3.05, 3.63) is 42.5 Å². The Labute approximate surface area is 104 Å². The van der Waals surface area contributed by atoms with Gasteiger partial charge in [0.15, 0.2) is 5.78 Å². The summed E-state index contributed by atoms with van der Waals surface area (Å²) in [4.78, 5) is 16.4. The van der Waals surface area contributed by atoms with Crippen LogP contribution in [-0.4, -0.2) is 26.5 Å². The number of rotatable bonds is 1. The van der Waals surface area contributed by atoms with Crippen molar-refractivity contribution < 1.29 is 14.6 Å². The van der Waals surface area contributed by atoms with Crippen molar-refractivity contribution in [1.29, 1.82) is 0 Å². The predicted octanol–water partition coefficient (Wildman–Crippen LogP) is 1.79. The molecule has 2 heterocycles. The van der Waals surface area contributed by atoms with Gasteiger partial charge in [-0.15, -0.1) is 0 Å². The van der Waals surface area contributed by atoms with E-state index in [-0.39, 0.29) is 23.2 Å². The van der Waals surface area contributed by atoms with Crippen LogP contribution >= 0.6 is 0 Å². The molecule has 0 bridgehead atoms. The van der Waals surface area contributed by atoms with Crippen molar-refractivity contribution >= 4 is 5.78 Å². The lowest BCUT2D eigenvalue weighted by molar-refractivity contribution is 0.0713. The summed E-state index contributed by atoms with van der Waals surface area (Å²) >= 11 is 0. The minimum absolute atomic E-state index is 0.0467. The van der Waals surface area contributed by atoms with E-state index in [2.05, 4.69) is 4.98 Å². The molecule has 1 aromatic heterocycles. The molecule has 0 aliphatic carbocycles. The number of phenolic OH excluding ortho intramolecular Hbond substituents is 1. The fraction of sp³-hybridized carbons (Fsp3) is 0.231. The van der Waals surface area contributed by atoms with Gasteiger partial charge < -0.3 is 14.4 Å². The Kier molecular flexibility index (Phi) is 2.33. The number of carbonyl (C=O) groups excluding carboxylic acids is 1. The highest BCUT2D eigenvalue weighted by Crippen LogP contribution is 2.37. The number of aromatic hydroxyl groups is 1. The molecule has 5 nitrogen and oxygen atoms in total. The van der Waals surface area contributed by atoms with Crippen molar-refractivity contribution in [2.75, 3.05) is 0 Å². The number of Topliss-reactive ketones (excluding diaryl/α,β-unsaturated/α-hetero) is 1. The van der Waals surface area contributed by atoms with E-state index < -0.39 is 6.04 Å². The molecule has 0 saturated carbocycles. The average Bonchev–Trinajstić information content (AvgIpc) is 2.82. The van der Waals surface area contributed by atoms with Crippen molar-refractivity contribution in [2.45, 2.75) is 19.1 Å². The smallest absolute Gasteiger partial charge is 0.196 e. The summed E-state index contributed by atoms with van der Waals surface area (Å²) < 4.78 is 7.39. The first kappa shape index (κ1) is 10.8. The van der Waals surface area contributed by atoms with Crippen LogP contribution in [0.2, 0.25) is 0 Å². The maximum absolute atomic E-state index is 12.5. The van der Waals surface area contributed by atoms with Crippen LogP contribution in [0.5, 0.6) is 11.5 Å². The number of nitrogens with zero attached hydrogens (tertiary/aromatic N) is 2. The highest BCUT2D eigenvalue weighted by molar-refractivity contribution is 6.05. The van der Waals surface area contributed by atoms with Gasteiger partial charge in [0.25, 0.3) is 0 Å². The Morgan fingerprint density at radius 3 is 3.00 bits per heavy atom. The standard InChI is InChI=1S/C13H12N2O3/c1-8-12(15-6-5-14-7-15)13(17)11-9(16)3-2-4-10(11)18-8/h2-8,12,16H,1H3/t8-,12-/m1/s1. The molecule has 1 N–H and O–H groups in total. The van der Waals surface area contributed by atoms with Crippen LogP contribution in [0.1, 0.15) is 23.3 Å². The SMILES string of the molecule is C[C@H]1Oc2cccc(O)c2C(=O)[C@@H]1n1ccnc1. The number of ketones is 1. The van der Waals surface area contributed by atoms with Gasteiger partial charge in [-0.2, -0.15) is 0 Å². The Morgan fingerprint density at radius 1 is 1.44 bits per heavy atom. The summed E-state index contributed by atoms with van der Waals surface area (Å²) in [5.74, 6) is 0.234. The monoisotopic (exact) mass is 244 g/mol. The van der Waals surface area contributed by atoms with Crippen molar-refractivity contribution in [1.82, 2.24) is 9.55 Å². The summed E-state index contributed by atoms with van der Waals surface area (Å²) in [5, 5.41) is 9.80. The maximum Gasteiger partial charge on any atom is 0.196 e. The summed E-state index contributed by atoms with van der Waals surface area (Å²) in [6.07, 6.45) is 4.60. The first-order valence-corrected chi connectivity index (χ1v) is 5.69. The average molecular weight is 244 g/mol. The fourth-order valence-electron chi connectivity index (χ4n) is 2.30. The number of carbonyl (C=O) groups is 1. The number of phenols is 1. The van der Waals surface area contributed by atoms with Crippen molar-refractivity contribution in [3.63, 3.8) is 0 Å². The van der Waals surface area contributed by atoms with Crippen LogP contribution in [0, 0.1) is 0 Å². The van der Waals surface area contributed by atoms with Gasteiger partial charge in [0.2, 0.25) is 0 Å². The van der Waals surface area contributed by atoms with E-state index >= 15 is 0 Å². The van der Waals surface area contributed by atoms with E-state index in [4.69, 9.17) is 4.74 Å². The lowest BCUT2D eigenvalue weighted by Gasteiger charge is -2.31. The quantitative estimate of drug-likeness (QED) is 0.830. The molecular formula is C13H12N2O3. The van der Waals surface area contributed by atoms with Crippen LogP contribution in [0.15, 0.2) is 36.9 Å². The van der Waals surface area contributed by atoms with Gasteiger partial charge in [-0.25, -0.2) is 4.98 Å². The van der Waals surface area contributed by atoms with Crippen LogP contribution in [0.25, 0.3) is 0 Å². The minimum Gasteiger partial charge on any atom is -0.507 e. The number of imidazole rings is 1. The molecule has 18 heavy (non-hydrogen) atoms. The lowest BCUT2D eigenvalue weighted by atomic mass is 9.95. The first-order chi connectivity index (χ1) is 8.68. The third-order valence-corrected chi connectivity index (χ3v) is 3.12. The molecule has 2 aromatic rings. The summed E-state index contributed by atoms with van der Waals surface area (Å²) in [6.45, 7) is 1.83. The van der Waals surface area contributed by atoms with E-state index in [0.29, 0.717) is 5.75 Å². The Morgan fingerprint density at radius 2 is 2.28 bits per heavy atom.